The van der Waals surface area contributed by atoms with Gasteiger partial charge in [0.2, 0.25) is 0 Å². The molecular weight excluding hydrogens is 378 g/mol. The normalized spacial score (nSPS) is 20.2. The zero-order valence-corrected chi connectivity index (χ0v) is 17.1. The predicted molar refractivity (Wildman–Crippen MR) is 112 cm³/mol. The highest BCUT2D eigenvalue weighted by Gasteiger charge is 2.46. The van der Waals surface area contributed by atoms with E-state index in [9.17, 15) is 4.79 Å². The number of benzene rings is 1. The number of hydrogen-bond donors (Lipinski definition) is 0. The largest absolute Gasteiger partial charge is 0.375 e. The molecule has 4 rings (SSSR count). The fourth-order valence-electron chi connectivity index (χ4n) is 4.62. The van der Waals surface area contributed by atoms with E-state index in [-0.39, 0.29) is 11.5 Å². The molecule has 3 heterocycles. The van der Waals surface area contributed by atoms with Crippen molar-refractivity contribution in [3.63, 3.8) is 0 Å². The first-order chi connectivity index (χ1) is 14.7. The van der Waals surface area contributed by atoms with E-state index in [2.05, 4.69) is 11.1 Å². The first-order valence-electron chi connectivity index (χ1n) is 10.6. The highest BCUT2D eigenvalue weighted by atomic mass is 16.5. The number of nitrogens with zero attached hydrogens (tertiary/aromatic N) is 3. The Morgan fingerprint density at radius 1 is 1.27 bits per heavy atom. The molecule has 0 saturated carbocycles. The highest BCUT2D eigenvalue weighted by Crippen LogP contribution is 2.42. The highest BCUT2D eigenvalue weighted by molar-refractivity contribution is 5.94. The lowest BCUT2D eigenvalue weighted by Crippen LogP contribution is -2.49. The lowest BCUT2D eigenvalue weighted by atomic mass is 9.78. The Hall–Kier alpha value is -2.75. The monoisotopic (exact) mass is 405 g/mol. The van der Waals surface area contributed by atoms with Crippen LogP contribution < -0.4 is 0 Å². The minimum atomic E-state index is -0.139. The Kier molecular flexibility index (Phi) is 6.41. The first kappa shape index (κ1) is 20.5. The number of carbonyl (C=O) groups excluding carboxylic acids is 1. The van der Waals surface area contributed by atoms with Crippen molar-refractivity contribution in [2.24, 2.45) is 5.92 Å². The molecule has 0 bridgehead atoms. The Morgan fingerprint density at radius 2 is 2.13 bits per heavy atom. The first-order valence-corrected chi connectivity index (χ1v) is 10.6. The third-order valence-electron chi connectivity index (χ3n) is 6.32. The van der Waals surface area contributed by atoms with Gasteiger partial charge in [0.1, 0.15) is 0 Å². The van der Waals surface area contributed by atoms with Crippen molar-refractivity contribution in [1.82, 2.24) is 9.88 Å². The van der Waals surface area contributed by atoms with Gasteiger partial charge in [0.15, 0.2) is 0 Å². The van der Waals surface area contributed by atoms with E-state index in [0.29, 0.717) is 43.3 Å². The Bertz CT molecular complexity index is 901. The van der Waals surface area contributed by atoms with Gasteiger partial charge < -0.3 is 14.4 Å². The number of pyridine rings is 1. The van der Waals surface area contributed by atoms with E-state index in [0.717, 1.165) is 38.0 Å². The summed E-state index contributed by atoms with van der Waals surface area (Å²) in [6, 6.07) is 14.9. The van der Waals surface area contributed by atoms with Crippen molar-refractivity contribution in [2.75, 3.05) is 26.3 Å². The topological polar surface area (TPSA) is 75.5 Å². The van der Waals surface area contributed by atoms with Crippen LogP contribution in [0.5, 0.6) is 0 Å². The summed E-state index contributed by atoms with van der Waals surface area (Å²) >= 11 is 0. The smallest absolute Gasteiger partial charge is 0.253 e. The maximum Gasteiger partial charge on any atom is 0.253 e. The lowest BCUT2D eigenvalue weighted by molar-refractivity contribution is -0.0675. The van der Waals surface area contributed by atoms with Crippen molar-refractivity contribution in [2.45, 2.75) is 37.9 Å². The molecule has 0 radical (unpaired) electrons. The zero-order chi connectivity index (χ0) is 20.8. The maximum atomic E-state index is 12.8. The van der Waals surface area contributed by atoms with Crippen LogP contribution in [0.3, 0.4) is 0 Å². The van der Waals surface area contributed by atoms with E-state index in [4.69, 9.17) is 14.7 Å². The van der Waals surface area contributed by atoms with Gasteiger partial charge in [-0.1, -0.05) is 12.1 Å². The van der Waals surface area contributed by atoms with Gasteiger partial charge in [-0.2, -0.15) is 5.26 Å². The average molecular weight is 405 g/mol. The average Bonchev–Trinajstić information content (AvgIpc) is 3.19. The molecule has 1 aromatic heterocycles. The van der Waals surface area contributed by atoms with Crippen LogP contribution in [0.1, 0.15) is 47.3 Å². The number of ether oxygens (including phenoxy) is 2. The molecule has 0 N–H and O–H groups in total. The SMILES string of the molecule is N#Cc1cccc(C(=O)N2CCC3(CC2)OCC[C@@H]3CCOCc2ccccn2)c1. The molecule has 2 saturated heterocycles. The fourth-order valence-corrected chi connectivity index (χ4v) is 4.62. The molecule has 1 atom stereocenters. The summed E-state index contributed by atoms with van der Waals surface area (Å²) < 4.78 is 12.1. The summed E-state index contributed by atoms with van der Waals surface area (Å²) in [5.41, 5.74) is 1.90. The molecule has 2 aliphatic rings. The Balaban J connectivity index is 1.29. The predicted octanol–water partition coefficient (Wildman–Crippen LogP) is 3.57. The second-order valence-corrected chi connectivity index (χ2v) is 8.05. The van der Waals surface area contributed by atoms with Gasteiger partial charge in [0, 0.05) is 38.1 Å². The van der Waals surface area contributed by atoms with Crippen LogP contribution in [-0.2, 0) is 16.1 Å². The summed E-state index contributed by atoms with van der Waals surface area (Å²) in [6.07, 6.45) is 5.49. The summed E-state index contributed by atoms with van der Waals surface area (Å²) in [6.45, 7) is 3.37. The van der Waals surface area contributed by atoms with Gasteiger partial charge in [0.05, 0.1) is 29.5 Å². The number of rotatable bonds is 6. The van der Waals surface area contributed by atoms with Crippen LogP contribution in [0.25, 0.3) is 0 Å². The molecule has 156 valence electrons. The summed E-state index contributed by atoms with van der Waals surface area (Å²) in [5, 5.41) is 9.07. The van der Waals surface area contributed by atoms with Gasteiger partial charge in [-0.05, 0) is 61.9 Å². The van der Waals surface area contributed by atoms with Crippen molar-refractivity contribution in [3.05, 3.63) is 65.5 Å². The molecule has 1 amide bonds. The molecule has 0 aliphatic carbocycles. The molecule has 2 aromatic rings. The van der Waals surface area contributed by atoms with Crippen LogP contribution in [0.2, 0.25) is 0 Å². The number of amides is 1. The van der Waals surface area contributed by atoms with E-state index < -0.39 is 0 Å². The van der Waals surface area contributed by atoms with Gasteiger partial charge in [0.25, 0.3) is 5.91 Å². The van der Waals surface area contributed by atoms with Crippen molar-refractivity contribution >= 4 is 5.91 Å². The molecule has 1 aromatic carbocycles. The van der Waals surface area contributed by atoms with Gasteiger partial charge in [-0.15, -0.1) is 0 Å². The number of aromatic nitrogens is 1. The third kappa shape index (κ3) is 4.53. The number of likely N-dealkylation sites (tertiary alicyclic amines) is 1. The van der Waals surface area contributed by atoms with Crippen LogP contribution in [0, 0.1) is 17.2 Å². The molecular formula is C24H27N3O3. The fraction of sp³-hybridized carbons (Fsp3) is 0.458. The maximum absolute atomic E-state index is 12.8. The molecule has 1 spiro atoms. The summed E-state index contributed by atoms with van der Waals surface area (Å²) in [7, 11) is 0. The number of nitriles is 1. The second kappa shape index (κ2) is 9.38. The molecule has 2 aliphatic heterocycles. The number of hydrogen-bond acceptors (Lipinski definition) is 5. The summed E-state index contributed by atoms with van der Waals surface area (Å²) in [5.74, 6) is 0.454. The van der Waals surface area contributed by atoms with E-state index in [1.807, 2.05) is 23.1 Å². The van der Waals surface area contributed by atoms with Gasteiger partial charge >= 0.3 is 0 Å². The molecule has 0 unspecified atom stereocenters. The van der Waals surface area contributed by atoms with Crippen LogP contribution >= 0.6 is 0 Å². The van der Waals surface area contributed by atoms with Crippen LogP contribution in [0.4, 0.5) is 0 Å². The minimum Gasteiger partial charge on any atom is -0.375 e. The van der Waals surface area contributed by atoms with Crippen molar-refractivity contribution < 1.29 is 14.3 Å². The second-order valence-electron chi connectivity index (χ2n) is 8.05. The van der Waals surface area contributed by atoms with Crippen LogP contribution in [-0.4, -0.2) is 47.7 Å². The van der Waals surface area contributed by atoms with E-state index >= 15 is 0 Å². The molecule has 6 heteroatoms. The minimum absolute atomic E-state index is 0.00445. The Labute approximate surface area is 177 Å². The van der Waals surface area contributed by atoms with Gasteiger partial charge in [-0.25, -0.2) is 0 Å². The Morgan fingerprint density at radius 3 is 2.90 bits per heavy atom. The quantitative estimate of drug-likeness (QED) is 0.687. The van der Waals surface area contributed by atoms with Crippen LogP contribution in [0.15, 0.2) is 48.7 Å². The van der Waals surface area contributed by atoms with Gasteiger partial charge in [-0.3, -0.25) is 9.78 Å². The zero-order valence-electron chi connectivity index (χ0n) is 17.1. The standard InChI is InChI=1S/C24H27N3O3/c25-17-19-4-3-5-20(16-19)23(28)27-12-9-24(10-13-27)21(8-15-30-24)7-14-29-18-22-6-1-2-11-26-22/h1-6,11,16,21H,7-10,12-15,18H2/t21-/m0/s1. The van der Waals surface area contributed by atoms with Crippen molar-refractivity contribution in [1.29, 1.82) is 5.26 Å². The molecule has 2 fully saturated rings. The number of piperidine rings is 1. The van der Waals surface area contributed by atoms with E-state index in [1.54, 1.807) is 30.5 Å². The summed E-state index contributed by atoms with van der Waals surface area (Å²) in [4.78, 5) is 19.0. The van der Waals surface area contributed by atoms with Crippen molar-refractivity contribution in [3.8, 4) is 6.07 Å². The molecule has 6 nitrogen and oxygen atoms in total. The van der Waals surface area contributed by atoms with E-state index in [1.165, 1.54) is 0 Å². The molecule has 30 heavy (non-hydrogen) atoms. The number of carbonyl (C=O) groups is 1. The third-order valence-corrected chi connectivity index (χ3v) is 6.32. The lowest BCUT2D eigenvalue weighted by Gasteiger charge is -2.42.